The lowest BCUT2D eigenvalue weighted by Gasteiger charge is -2.12. The molecule has 2 amide bonds. The average Bonchev–Trinajstić information content (AvgIpc) is 3.22. The van der Waals surface area contributed by atoms with Gasteiger partial charge in [0.25, 0.3) is 11.8 Å². The number of nitrogens with zero attached hydrogens (tertiary/aromatic N) is 3. The van der Waals surface area contributed by atoms with E-state index in [9.17, 15) is 9.59 Å². The lowest BCUT2D eigenvalue weighted by molar-refractivity contribution is -0.126. The van der Waals surface area contributed by atoms with Gasteiger partial charge in [-0.15, -0.1) is 0 Å². The summed E-state index contributed by atoms with van der Waals surface area (Å²) >= 11 is 0. The van der Waals surface area contributed by atoms with Crippen molar-refractivity contribution < 1.29 is 14.1 Å². The van der Waals surface area contributed by atoms with E-state index in [2.05, 4.69) is 15.5 Å². The van der Waals surface area contributed by atoms with Crippen LogP contribution in [0.3, 0.4) is 0 Å². The summed E-state index contributed by atoms with van der Waals surface area (Å²) in [7, 11) is 1.74. The predicted molar refractivity (Wildman–Crippen MR) is 85.2 cm³/mol. The molecule has 0 spiro atoms. The van der Waals surface area contributed by atoms with E-state index in [-0.39, 0.29) is 17.9 Å². The number of hydrogen-bond acceptors (Lipinski definition) is 5. The van der Waals surface area contributed by atoms with Crippen LogP contribution in [-0.2, 0) is 4.79 Å². The topological polar surface area (TPSA) is 88.3 Å². The van der Waals surface area contributed by atoms with Gasteiger partial charge < -0.3 is 14.7 Å². The molecule has 1 aromatic carbocycles. The molecule has 1 atom stereocenters. The smallest absolute Gasteiger partial charge is 0.257 e. The van der Waals surface area contributed by atoms with Crippen molar-refractivity contribution in [3.8, 4) is 11.5 Å². The molecule has 2 heterocycles. The zero-order valence-electron chi connectivity index (χ0n) is 13.4. The lowest BCUT2D eigenvalue weighted by Crippen LogP contribution is -2.36. The highest BCUT2D eigenvalue weighted by Crippen LogP contribution is 2.38. The van der Waals surface area contributed by atoms with Crippen LogP contribution in [-0.4, -0.2) is 46.5 Å². The molecule has 7 heteroatoms. The van der Waals surface area contributed by atoms with E-state index in [0.717, 1.165) is 24.2 Å². The van der Waals surface area contributed by atoms with Crippen molar-refractivity contribution in [1.29, 1.82) is 0 Å². The van der Waals surface area contributed by atoms with Crippen LogP contribution in [0.5, 0.6) is 0 Å². The first-order chi connectivity index (χ1) is 11.6. The molecule has 2 aromatic rings. The van der Waals surface area contributed by atoms with Gasteiger partial charge in [-0.3, -0.25) is 9.59 Å². The predicted octanol–water partition coefficient (Wildman–Crippen LogP) is 1.57. The van der Waals surface area contributed by atoms with E-state index in [1.807, 2.05) is 0 Å². The Morgan fingerprint density at radius 1 is 1.29 bits per heavy atom. The summed E-state index contributed by atoms with van der Waals surface area (Å²) in [5.74, 6) is 1.56. The van der Waals surface area contributed by atoms with Gasteiger partial charge in [0.15, 0.2) is 5.82 Å². The van der Waals surface area contributed by atoms with Gasteiger partial charge in [-0.25, -0.2) is 0 Å². The Bertz CT molecular complexity index is 779. The zero-order valence-corrected chi connectivity index (χ0v) is 13.4. The first-order valence-electron chi connectivity index (χ1n) is 8.09. The second-order valence-electron chi connectivity index (χ2n) is 6.46. The number of rotatable bonds is 4. The lowest BCUT2D eigenvalue weighted by atomic mass is 10.1. The highest BCUT2D eigenvalue weighted by atomic mass is 16.5. The van der Waals surface area contributed by atoms with Crippen LogP contribution < -0.4 is 5.32 Å². The minimum absolute atomic E-state index is 0.0542. The van der Waals surface area contributed by atoms with Gasteiger partial charge in [-0.1, -0.05) is 5.16 Å². The number of nitrogens with one attached hydrogen (secondary N) is 1. The molecule has 1 N–H and O–H groups in total. The van der Waals surface area contributed by atoms with E-state index < -0.39 is 0 Å². The monoisotopic (exact) mass is 326 g/mol. The third kappa shape index (κ3) is 2.89. The average molecular weight is 326 g/mol. The number of carbonyl (C=O) groups excluding carboxylic acids is 2. The van der Waals surface area contributed by atoms with Gasteiger partial charge in [0, 0.05) is 37.1 Å². The van der Waals surface area contributed by atoms with Crippen molar-refractivity contribution in [3.05, 3.63) is 35.7 Å². The fourth-order valence-corrected chi connectivity index (χ4v) is 2.85. The zero-order chi connectivity index (χ0) is 16.7. The van der Waals surface area contributed by atoms with Crippen LogP contribution in [0.1, 0.15) is 41.4 Å². The van der Waals surface area contributed by atoms with Gasteiger partial charge in [0.05, 0.1) is 6.04 Å². The number of likely N-dealkylation sites (tertiary alicyclic amines) is 1. The molecule has 0 radical (unpaired) electrons. The molecule has 24 heavy (non-hydrogen) atoms. The molecule has 1 aromatic heterocycles. The van der Waals surface area contributed by atoms with Crippen molar-refractivity contribution in [2.75, 3.05) is 13.6 Å². The molecule has 7 nitrogen and oxygen atoms in total. The number of carbonyl (C=O) groups is 2. The SMILES string of the molecule is CN1C[C@H](NC(=O)c2ccc(-c3nc(C4CC4)no3)cc2)CC1=O. The summed E-state index contributed by atoms with van der Waals surface area (Å²) in [5, 5.41) is 6.88. The second kappa shape index (κ2) is 5.74. The van der Waals surface area contributed by atoms with Crippen molar-refractivity contribution in [3.63, 3.8) is 0 Å². The van der Waals surface area contributed by atoms with Crippen molar-refractivity contribution in [2.45, 2.75) is 31.2 Å². The second-order valence-corrected chi connectivity index (χ2v) is 6.46. The molecule has 1 aliphatic heterocycles. The Morgan fingerprint density at radius 3 is 2.67 bits per heavy atom. The van der Waals surface area contributed by atoms with Crippen LogP contribution >= 0.6 is 0 Å². The highest BCUT2D eigenvalue weighted by molar-refractivity contribution is 5.95. The maximum atomic E-state index is 12.3. The summed E-state index contributed by atoms with van der Waals surface area (Å²) < 4.78 is 5.28. The van der Waals surface area contributed by atoms with Gasteiger partial charge in [-0.05, 0) is 37.1 Å². The Labute approximate surface area is 139 Å². The minimum Gasteiger partial charge on any atom is -0.347 e. The van der Waals surface area contributed by atoms with Crippen molar-refractivity contribution >= 4 is 11.8 Å². The molecule has 0 bridgehead atoms. The van der Waals surface area contributed by atoms with Gasteiger partial charge >= 0.3 is 0 Å². The van der Waals surface area contributed by atoms with E-state index in [1.54, 1.807) is 36.2 Å². The molecule has 4 rings (SSSR count). The molecule has 124 valence electrons. The van der Waals surface area contributed by atoms with Crippen molar-refractivity contribution in [1.82, 2.24) is 20.4 Å². The van der Waals surface area contributed by atoms with Gasteiger partial charge in [-0.2, -0.15) is 4.98 Å². The summed E-state index contributed by atoms with van der Waals surface area (Å²) in [6.07, 6.45) is 2.60. The minimum atomic E-state index is -0.182. The number of hydrogen-bond donors (Lipinski definition) is 1. The van der Waals surface area contributed by atoms with Crippen LogP contribution in [0, 0.1) is 0 Å². The number of likely N-dealkylation sites (N-methyl/N-ethyl adjacent to an activating group) is 1. The molecule has 0 unspecified atom stereocenters. The Balaban J connectivity index is 1.43. The molecular formula is C17H18N4O3. The summed E-state index contributed by atoms with van der Waals surface area (Å²) in [6, 6.07) is 6.92. The number of amides is 2. The Hall–Kier alpha value is -2.70. The van der Waals surface area contributed by atoms with Crippen LogP contribution in [0.15, 0.2) is 28.8 Å². The third-order valence-corrected chi connectivity index (χ3v) is 4.45. The third-order valence-electron chi connectivity index (χ3n) is 4.45. The summed E-state index contributed by atoms with van der Waals surface area (Å²) in [6.45, 7) is 0.550. The normalized spacial score (nSPS) is 20.5. The Kier molecular flexibility index (Phi) is 3.55. The fourth-order valence-electron chi connectivity index (χ4n) is 2.85. The van der Waals surface area contributed by atoms with E-state index in [1.165, 1.54) is 0 Å². The molecule has 1 saturated carbocycles. The molecular weight excluding hydrogens is 308 g/mol. The number of benzene rings is 1. The van der Waals surface area contributed by atoms with E-state index >= 15 is 0 Å². The highest BCUT2D eigenvalue weighted by Gasteiger charge is 2.29. The van der Waals surface area contributed by atoms with Gasteiger partial charge in [0.1, 0.15) is 0 Å². The van der Waals surface area contributed by atoms with Crippen LogP contribution in [0.2, 0.25) is 0 Å². The van der Waals surface area contributed by atoms with Gasteiger partial charge in [0.2, 0.25) is 5.91 Å². The van der Waals surface area contributed by atoms with E-state index in [4.69, 9.17) is 4.52 Å². The summed E-state index contributed by atoms with van der Waals surface area (Å²) in [5.41, 5.74) is 1.34. The maximum Gasteiger partial charge on any atom is 0.257 e. The van der Waals surface area contributed by atoms with E-state index in [0.29, 0.717) is 30.3 Å². The maximum absolute atomic E-state index is 12.3. The van der Waals surface area contributed by atoms with Crippen LogP contribution in [0.4, 0.5) is 0 Å². The first-order valence-corrected chi connectivity index (χ1v) is 8.09. The molecule has 2 fully saturated rings. The summed E-state index contributed by atoms with van der Waals surface area (Å²) in [4.78, 5) is 29.8. The largest absolute Gasteiger partial charge is 0.347 e. The van der Waals surface area contributed by atoms with Crippen molar-refractivity contribution in [2.24, 2.45) is 0 Å². The fraction of sp³-hybridized carbons (Fsp3) is 0.412. The molecule has 1 aliphatic carbocycles. The first kappa shape index (κ1) is 14.9. The Morgan fingerprint density at radius 2 is 2.04 bits per heavy atom. The van der Waals surface area contributed by atoms with Crippen LogP contribution in [0.25, 0.3) is 11.5 Å². The molecule has 1 saturated heterocycles. The quantitative estimate of drug-likeness (QED) is 0.921. The standard InChI is InChI=1S/C17H18N4O3/c1-21-9-13(8-14(21)22)18-16(23)11-4-6-12(7-5-11)17-19-15(20-24-17)10-2-3-10/h4-7,10,13H,2-3,8-9H2,1H3,(H,18,23)/t13-/m1/s1. The molecule has 2 aliphatic rings. The number of aromatic nitrogens is 2.